The summed E-state index contributed by atoms with van der Waals surface area (Å²) < 4.78 is 30.8. The minimum atomic E-state index is -4.01. The van der Waals surface area contributed by atoms with Gasteiger partial charge in [0.2, 0.25) is 0 Å². The van der Waals surface area contributed by atoms with E-state index in [9.17, 15) is 13.2 Å². The summed E-state index contributed by atoms with van der Waals surface area (Å²) in [7, 11) is -4.01. The molecule has 2 aromatic rings. The van der Waals surface area contributed by atoms with Crippen LogP contribution in [-0.4, -0.2) is 20.4 Å². The van der Waals surface area contributed by atoms with Crippen molar-refractivity contribution in [3.05, 3.63) is 60.2 Å². The molecule has 0 unspecified atom stereocenters. The monoisotopic (exact) mass is 373 g/mol. The van der Waals surface area contributed by atoms with Gasteiger partial charge >= 0.3 is 0 Å². The fourth-order valence-electron chi connectivity index (χ4n) is 3.23. The zero-order valence-electron chi connectivity index (χ0n) is 14.7. The van der Waals surface area contributed by atoms with Crippen molar-refractivity contribution >= 4 is 21.7 Å². The summed E-state index contributed by atoms with van der Waals surface area (Å²) in [6.45, 7) is 1.88. The zero-order chi connectivity index (χ0) is 18.6. The van der Waals surface area contributed by atoms with Gasteiger partial charge in [-0.1, -0.05) is 48.7 Å². The lowest BCUT2D eigenvalue weighted by Crippen LogP contribution is -2.37. The van der Waals surface area contributed by atoms with Crippen LogP contribution in [0.25, 0.3) is 0 Å². The lowest BCUT2D eigenvalue weighted by atomic mass is 10.0. The second-order valence-electron chi connectivity index (χ2n) is 6.68. The van der Waals surface area contributed by atoms with E-state index in [1.54, 1.807) is 24.3 Å². The van der Waals surface area contributed by atoms with Crippen molar-refractivity contribution in [2.24, 2.45) is 5.92 Å². The van der Waals surface area contributed by atoms with Crippen LogP contribution in [0.1, 0.15) is 31.2 Å². The number of rotatable bonds is 6. The van der Waals surface area contributed by atoms with E-state index in [-0.39, 0.29) is 10.8 Å². The molecule has 6 heteroatoms. The molecule has 2 aromatic carbocycles. The fraction of sp³-hybridized carbons (Fsp3) is 0.350. The van der Waals surface area contributed by atoms with E-state index in [0.717, 1.165) is 31.2 Å². The molecule has 138 valence electrons. The standard InChI is InChI=1S/C20H23NO4S/c1-15-11-13-18(14-12-15)26(23,24)25-19(16-7-5-6-8-16)20(22)21-17-9-3-2-4-10-17/h2-4,9-14,16,19H,5-8H2,1H3,(H,21,22)/t19-/m0/s1. The largest absolute Gasteiger partial charge is 0.324 e. The van der Waals surface area contributed by atoms with Crippen LogP contribution in [0.15, 0.2) is 59.5 Å². The highest BCUT2D eigenvalue weighted by Gasteiger charge is 2.36. The SMILES string of the molecule is Cc1ccc(S(=O)(=O)O[C@H](C(=O)Nc2ccccc2)C2CCCC2)cc1. The lowest BCUT2D eigenvalue weighted by Gasteiger charge is -2.22. The second kappa shape index (κ2) is 8.01. The van der Waals surface area contributed by atoms with Crippen molar-refractivity contribution in [1.82, 2.24) is 0 Å². The molecule has 0 heterocycles. The molecule has 1 amide bonds. The van der Waals surface area contributed by atoms with Crippen molar-refractivity contribution in [2.75, 3.05) is 5.32 Å². The summed E-state index contributed by atoms with van der Waals surface area (Å²) in [6, 6.07) is 15.4. The van der Waals surface area contributed by atoms with Gasteiger partial charge in [-0.15, -0.1) is 0 Å². The van der Waals surface area contributed by atoms with Crippen LogP contribution in [-0.2, 0) is 19.1 Å². The number of nitrogens with one attached hydrogen (secondary N) is 1. The van der Waals surface area contributed by atoms with Crippen molar-refractivity contribution in [3.8, 4) is 0 Å². The molecule has 26 heavy (non-hydrogen) atoms. The van der Waals surface area contributed by atoms with Gasteiger partial charge in [-0.25, -0.2) is 0 Å². The molecule has 0 aromatic heterocycles. The predicted molar refractivity (Wildman–Crippen MR) is 100 cm³/mol. The number of anilines is 1. The molecule has 1 aliphatic carbocycles. The van der Waals surface area contributed by atoms with Crippen molar-refractivity contribution < 1.29 is 17.4 Å². The molecule has 0 bridgehead atoms. The van der Waals surface area contributed by atoms with Gasteiger partial charge in [0.15, 0.2) is 6.10 Å². The topological polar surface area (TPSA) is 72.5 Å². The molecule has 1 aliphatic rings. The fourth-order valence-corrected chi connectivity index (χ4v) is 4.33. The molecular formula is C20H23NO4S. The summed E-state index contributed by atoms with van der Waals surface area (Å²) in [5, 5.41) is 2.77. The van der Waals surface area contributed by atoms with E-state index in [1.807, 2.05) is 25.1 Å². The Kier molecular flexibility index (Phi) is 5.74. The summed E-state index contributed by atoms with van der Waals surface area (Å²) in [4.78, 5) is 12.8. The highest BCUT2D eigenvalue weighted by Crippen LogP contribution is 2.32. The van der Waals surface area contributed by atoms with Gasteiger partial charge in [0, 0.05) is 5.69 Å². The van der Waals surface area contributed by atoms with Crippen LogP contribution in [0.4, 0.5) is 5.69 Å². The van der Waals surface area contributed by atoms with Crippen LogP contribution in [0.2, 0.25) is 0 Å². The number of amides is 1. The maximum absolute atomic E-state index is 12.8. The van der Waals surface area contributed by atoms with Crippen molar-refractivity contribution in [1.29, 1.82) is 0 Å². The third-order valence-electron chi connectivity index (χ3n) is 4.67. The first kappa shape index (κ1) is 18.6. The molecule has 0 saturated heterocycles. The predicted octanol–water partition coefficient (Wildman–Crippen LogP) is 3.90. The smallest absolute Gasteiger partial charge is 0.297 e. The van der Waals surface area contributed by atoms with Gasteiger partial charge in [0.05, 0.1) is 4.90 Å². The minimum absolute atomic E-state index is 0.0682. The third-order valence-corrected chi connectivity index (χ3v) is 5.98. The first-order valence-electron chi connectivity index (χ1n) is 8.81. The van der Waals surface area contributed by atoms with Gasteiger partial charge in [-0.3, -0.25) is 8.98 Å². The average Bonchev–Trinajstić information content (AvgIpc) is 3.15. The number of aryl methyl sites for hydroxylation is 1. The normalized spacial score (nSPS) is 16.3. The van der Waals surface area contributed by atoms with E-state index < -0.39 is 22.1 Å². The van der Waals surface area contributed by atoms with Crippen LogP contribution >= 0.6 is 0 Å². The van der Waals surface area contributed by atoms with Crippen LogP contribution in [0.3, 0.4) is 0 Å². The minimum Gasteiger partial charge on any atom is -0.324 e. The maximum Gasteiger partial charge on any atom is 0.297 e. The number of hydrogen-bond donors (Lipinski definition) is 1. The Morgan fingerprint density at radius 2 is 1.65 bits per heavy atom. The van der Waals surface area contributed by atoms with Crippen LogP contribution in [0.5, 0.6) is 0 Å². The number of para-hydroxylation sites is 1. The van der Waals surface area contributed by atoms with Crippen molar-refractivity contribution in [3.63, 3.8) is 0 Å². The van der Waals surface area contributed by atoms with Gasteiger partial charge in [0.1, 0.15) is 0 Å². The number of carbonyl (C=O) groups excluding carboxylic acids is 1. The van der Waals surface area contributed by atoms with E-state index >= 15 is 0 Å². The molecule has 0 radical (unpaired) electrons. The van der Waals surface area contributed by atoms with Gasteiger partial charge in [-0.2, -0.15) is 8.42 Å². The van der Waals surface area contributed by atoms with E-state index in [2.05, 4.69) is 5.32 Å². The molecule has 1 saturated carbocycles. The highest BCUT2D eigenvalue weighted by molar-refractivity contribution is 7.86. The molecule has 0 spiro atoms. The summed E-state index contributed by atoms with van der Waals surface area (Å²) in [6.07, 6.45) is 2.51. The highest BCUT2D eigenvalue weighted by atomic mass is 32.2. The summed E-state index contributed by atoms with van der Waals surface area (Å²) in [5.41, 5.74) is 1.58. The summed E-state index contributed by atoms with van der Waals surface area (Å²) >= 11 is 0. The number of hydrogen-bond acceptors (Lipinski definition) is 4. The second-order valence-corrected chi connectivity index (χ2v) is 8.26. The molecule has 1 N–H and O–H groups in total. The van der Waals surface area contributed by atoms with E-state index in [0.29, 0.717) is 5.69 Å². The van der Waals surface area contributed by atoms with Crippen LogP contribution in [0, 0.1) is 12.8 Å². The Labute approximate surface area is 154 Å². The van der Waals surface area contributed by atoms with Gasteiger partial charge in [-0.05, 0) is 49.9 Å². The molecule has 1 atom stereocenters. The Balaban J connectivity index is 1.81. The lowest BCUT2D eigenvalue weighted by molar-refractivity contribution is -0.124. The first-order chi connectivity index (χ1) is 12.5. The van der Waals surface area contributed by atoms with E-state index in [4.69, 9.17) is 4.18 Å². The third kappa shape index (κ3) is 4.51. The first-order valence-corrected chi connectivity index (χ1v) is 10.2. The summed E-state index contributed by atoms with van der Waals surface area (Å²) in [5.74, 6) is -0.516. The van der Waals surface area contributed by atoms with Gasteiger partial charge < -0.3 is 5.32 Å². The molecular weight excluding hydrogens is 350 g/mol. The Morgan fingerprint density at radius 1 is 1.04 bits per heavy atom. The molecule has 5 nitrogen and oxygen atoms in total. The van der Waals surface area contributed by atoms with Gasteiger partial charge in [0.25, 0.3) is 16.0 Å². The quantitative estimate of drug-likeness (QED) is 0.780. The van der Waals surface area contributed by atoms with Crippen LogP contribution < -0.4 is 5.32 Å². The average molecular weight is 373 g/mol. The number of carbonyl (C=O) groups is 1. The van der Waals surface area contributed by atoms with E-state index in [1.165, 1.54) is 12.1 Å². The number of benzene rings is 2. The molecule has 3 rings (SSSR count). The zero-order valence-corrected chi connectivity index (χ0v) is 15.5. The Bertz CT molecular complexity index is 841. The maximum atomic E-state index is 12.8. The molecule has 1 fully saturated rings. The molecule has 0 aliphatic heterocycles. The Morgan fingerprint density at radius 3 is 2.27 bits per heavy atom. The Hall–Kier alpha value is -2.18. The van der Waals surface area contributed by atoms with Crippen molar-refractivity contribution in [2.45, 2.75) is 43.6 Å².